The molecule has 6 aliphatic rings. The normalized spacial score (nSPS) is 27.0. The van der Waals surface area contributed by atoms with Gasteiger partial charge in [-0.3, -0.25) is 34.9 Å². The highest BCUT2D eigenvalue weighted by Gasteiger charge is 2.72. The van der Waals surface area contributed by atoms with Gasteiger partial charge in [0.15, 0.2) is 0 Å². The summed E-state index contributed by atoms with van der Waals surface area (Å²) in [6, 6.07) is 15.0. The lowest BCUT2D eigenvalue weighted by atomic mass is 9.55. The van der Waals surface area contributed by atoms with Crippen LogP contribution in [-0.2, 0) is 19.8 Å². The maximum atomic E-state index is 16.3. The molecule has 0 bridgehead atoms. The van der Waals surface area contributed by atoms with Gasteiger partial charge in [-0.05, 0) is 112 Å². The van der Waals surface area contributed by atoms with Crippen LogP contribution in [0.2, 0.25) is 10.0 Å². The monoisotopic (exact) mass is 903 g/mol. The summed E-state index contributed by atoms with van der Waals surface area (Å²) >= 11 is 12.9. The van der Waals surface area contributed by atoms with E-state index < -0.39 is 34.8 Å². The summed E-state index contributed by atoms with van der Waals surface area (Å²) in [4.78, 5) is 62.1. The molecule has 2 saturated carbocycles. The van der Waals surface area contributed by atoms with Gasteiger partial charge in [0.1, 0.15) is 11.2 Å². The van der Waals surface area contributed by atoms with Crippen LogP contribution in [0.1, 0.15) is 99.7 Å². The molecule has 14 heteroatoms. The fourth-order valence-corrected chi connectivity index (χ4v) is 12.4. The average Bonchev–Trinajstić information content (AvgIpc) is 3.75. The van der Waals surface area contributed by atoms with E-state index in [0.29, 0.717) is 47.6 Å². The zero-order valence-corrected chi connectivity index (χ0v) is 37.2. The quantitative estimate of drug-likeness (QED) is 0.143. The van der Waals surface area contributed by atoms with Gasteiger partial charge in [-0.25, -0.2) is 9.18 Å². The van der Waals surface area contributed by atoms with Crippen molar-refractivity contribution in [3.8, 4) is 11.8 Å². The molecule has 3 atom stereocenters. The van der Waals surface area contributed by atoms with Gasteiger partial charge >= 0.3 is 6.03 Å². The minimum Gasteiger partial charge on any atom is -0.352 e. The summed E-state index contributed by atoms with van der Waals surface area (Å²) in [7, 11) is 0. The smallest absolute Gasteiger partial charge is 0.328 e. The van der Waals surface area contributed by atoms with Gasteiger partial charge in [0.2, 0.25) is 17.7 Å². The van der Waals surface area contributed by atoms with Crippen LogP contribution in [-0.4, -0.2) is 77.4 Å². The maximum absolute atomic E-state index is 16.3. The standard InChI is InChI=1S/C50H52Cl2FN7O4/c51-34-12-16-38-40(26-34)56-47(63)50(38)43(37-5-4-6-39(52)44(37)53)45(58-49(50)20-2-1-3-21-49)46(62)55-35-13-9-32(10-14-35)29-59-22-17-30(18-23-59)7-8-31-11-15-36-33(25-31)27-54-28-41(36)60-24-19-42(61)57-48(60)64/h4-6,11-12,15-16,25-28,30,32,35,43,45,58H,1-3,9-10,13-14,17-24,29H2,(H,55,62)(H,56,63)(H,57,61,64)/t32?,35?,43-,45+,50+/m0/s1. The van der Waals surface area contributed by atoms with Crippen molar-refractivity contribution in [2.75, 3.05) is 36.4 Å². The molecule has 4 aliphatic heterocycles. The Morgan fingerprint density at radius 3 is 2.48 bits per heavy atom. The zero-order valence-electron chi connectivity index (χ0n) is 35.7. The van der Waals surface area contributed by atoms with Gasteiger partial charge in [-0.15, -0.1) is 0 Å². The molecule has 10 rings (SSSR count). The van der Waals surface area contributed by atoms with Crippen LogP contribution < -0.4 is 26.2 Å². The van der Waals surface area contributed by atoms with Gasteiger partial charge in [0.05, 0.1) is 22.9 Å². The third kappa shape index (κ3) is 7.62. The maximum Gasteiger partial charge on any atom is 0.328 e. The number of imide groups is 1. The van der Waals surface area contributed by atoms with Crippen molar-refractivity contribution >= 4 is 69.1 Å². The Morgan fingerprint density at radius 2 is 1.70 bits per heavy atom. The number of pyridine rings is 1. The number of urea groups is 1. The molecule has 2 spiro atoms. The van der Waals surface area contributed by atoms with Gasteiger partial charge < -0.3 is 15.5 Å². The van der Waals surface area contributed by atoms with E-state index in [1.807, 2.05) is 24.3 Å². The van der Waals surface area contributed by atoms with Crippen molar-refractivity contribution in [2.45, 2.75) is 106 Å². The fourth-order valence-electron chi connectivity index (χ4n) is 12.1. The van der Waals surface area contributed by atoms with E-state index in [4.69, 9.17) is 23.2 Å². The topological polar surface area (TPSA) is 136 Å². The predicted molar refractivity (Wildman–Crippen MR) is 246 cm³/mol. The van der Waals surface area contributed by atoms with Crippen molar-refractivity contribution in [1.82, 2.24) is 25.8 Å². The number of fused-ring (bicyclic) bond motifs is 4. The highest BCUT2D eigenvalue weighted by molar-refractivity contribution is 6.31. The largest absolute Gasteiger partial charge is 0.352 e. The molecule has 0 unspecified atom stereocenters. The van der Waals surface area contributed by atoms with Gasteiger partial charge in [-0.1, -0.05) is 78.6 Å². The third-order valence-corrected chi connectivity index (χ3v) is 15.6. The number of rotatable bonds is 6. The molecule has 5 heterocycles. The molecule has 3 saturated heterocycles. The summed E-state index contributed by atoms with van der Waals surface area (Å²) in [5, 5.41) is 14.9. The van der Waals surface area contributed by atoms with E-state index in [9.17, 15) is 19.2 Å². The van der Waals surface area contributed by atoms with Crippen LogP contribution in [0.5, 0.6) is 0 Å². The molecular weight excluding hydrogens is 852 g/mol. The Hall–Kier alpha value is -5.06. The number of carbonyl (C=O) groups excluding carboxylic acids is 4. The van der Waals surface area contributed by atoms with Crippen LogP contribution in [0, 0.1) is 29.5 Å². The third-order valence-electron chi connectivity index (χ3n) is 15.1. The number of nitrogens with one attached hydrogen (secondary N) is 4. The van der Waals surface area contributed by atoms with E-state index in [1.54, 1.807) is 41.6 Å². The summed E-state index contributed by atoms with van der Waals surface area (Å²) in [6.07, 6.45) is 13.6. The SMILES string of the molecule is O=C1CCN(c2cncc3cc(C#CC4CCN(CC5CCC(NC(=O)[C@@H]6NC7(CCCCC7)[C@@]7(C(=O)Nc8cc(Cl)ccc87)[C@H]6c6cccc(Cl)c6F)CC5)CC4)ccc23)C(=O)N1. The van der Waals surface area contributed by atoms with Gasteiger partial charge in [0, 0.05) is 76.2 Å². The molecule has 4 aromatic rings. The van der Waals surface area contributed by atoms with Crippen molar-refractivity contribution in [3.05, 3.63) is 99.5 Å². The van der Waals surface area contributed by atoms with Gasteiger partial charge in [0.25, 0.3) is 0 Å². The first-order chi connectivity index (χ1) is 31.0. The number of piperidine rings is 1. The lowest BCUT2D eigenvalue weighted by molar-refractivity contribution is -0.125. The molecule has 2 aliphatic carbocycles. The number of aromatic nitrogens is 1. The van der Waals surface area contributed by atoms with E-state index in [1.165, 1.54) is 6.07 Å². The number of amides is 5. The van der Waals surface area contributed by atoms with Crippen molar-refractivity contribution in [3.63, 3.8) is 0 Å². The minimum atomic E-state index is -1.25. The van der Waals surface area contributed by atoms with Crippen molar-refractivity contribution in [2.24, 2.45) is 11.8 Å². The molecule has 5 amide bonds. The van der Waals surface area contributed by atoms with Crippen LogP contribution in [0.4, 0.5) is 20.6 Å². The Morgan fingerprint density at radius 1 is 0.906 bits per heavy atom. The lowest BCUT2D eigenvalue weighted by Gasteiger charge is -2.47. The first-order valence-electron chi connectivity index (χ1n) is 22.9. The summed E-state index contributed by atoms with van der Waals surface area (Å²) in [5.74, 6) is 5.58. The van der Waals surface area contributed by atoms with E-state index in [0.717, 1.165) is 99.3 Å². The second kappa shape index (κ2) is 17.4. The molecular formula is C50H52Cl2FN7O4. The Bertz CT molecular complexity index is 2590. The predicted octanol–water partition coefficient (Wildman–Crippen LogP) is 8.21. The fraction of sp³-hybridized carbons (Fsp3) is 0.460. The van der Waals surface area contributed by atoms with Crippen LogP contribution in [0.15, 0.2) is 67.0 Å². The molecule has 3 aromatic carbocycles. The first-order valence-corrected chi connectivity index (χ1v) is 23.6. The Balaban J connectivity index is 0.773. The number of benzene rings is 3. The van der Waals surface area contributed by atoms with Gasteiger partial charge in [-0.2, -0.15) is 0 Å². The second-order valence-electron chi connectivity index (χ2n) is 18.8. The average molecular weight is 905 g/mol. The highest BCUT2D eigenvalue weighted by Crippen LogP contribution is 2.63. The molecule has 5 fully saturated rings. The number of hydrogen-bond acceptors (Lipinski definition) is 7. The number of likely N-dealkylation sites (tertiary alicyclic amines) is 1. The highest BCUT2D eigenvalue weighted by atomic mass is 35.5. The second-order valence-corrected chi connectivity index (χ2v) is 19.6. The van der Waals surface area contributed by atoms with E-state index in [-0.39, 0.29) is 40.8 Å². The van der Waals surface area contributed by atoms with Crippen molar-refractivity contribution in [1.29, 1.82) is 0 Å². The number of carbonyl (C=O) groups is 4. The van der Waals surface area contributed by atoms with Crippen molar-refractivity contribution < 1.29 is 23.6 Å². The molecule has 4 N–H and O–H groups in total. The van der Waals surface area contributed by atoms with Crippen LogP contribution >= 0.6 is 23.2 Å². The lowest BCUT2D eigenvalue weighted by Crippen LogP contribution is -2.60. The Kier molecular flexibility index (Phi) is 11.6. The number of anilines is 2. The summed E-state index contributed by atoms with van der Waals surface area (Å²) in [5.41, 5.74) is 1.17. The summed E-state index contributed by atoms with van der Waals surface area (Å²) < 4.78 is 16.3. The molecule has 64 heavy (non-hydrogen) atoms. The number of nitrogens with zero attached hydrogens (tertiary/aromatic N) is 3. The molecule has 332 valence electrons. The van der Waals surface area contributed by atoms with E-state index >= 15 is 4.39 Å². The zero-order chi connectivity index (χ0) is 44.2. The van der Waals surface area contributed by atoms with Crippen LogP contribution in [0.25, 0.3) is 10.8 Å². The molecule has 11 nitrogen and oxygen atoms in total. The Labute approximate surface area is 382 Å². The number of halogens is 3. The van der Waals surface area contributed by atoms with E-state index in [2.05, 4.69) is 43.0 Å². The molecule has 1 aromatic heterocycles. The first kappa shape index (κ1) is 42.9. The van der Waals surface area contributed by atoms with Crippen LogP contribution in [0.3, 0.4) is 0 Å². The summed E-state index contributed by atoms with van der Waals surface area (Å²) in [6.45, 7) is 3.32. The minimum absolute atomic E-state index is 0.0220. The molecule has 0 radical (unpaired) electrons. The number of hydrogen-bond donors (Lipinski definition) is 4.